The molecule has 1 aliphatic heterocycles. The van der Waals surface area contributed by atoms with Gasteiger partial charge in [-0.25, -0.2) is 9.97 Å². The Morgan fingerprint density at radius 2 is 2.00 bits per heavy atom. The molecule has 0 fully saturated rings. The first-order valence-corrected chi connectivity index (χ1v) is 9.90. The molecule has 0 aliphatic carbocycles. The molecule has 1 N–H and O–H groups in total. The van der Waals surface area contributed by atoms with Crippen molar-refractivity contribution in [1.82, 2.24) is 15.3 Å². The summed E-state index contributed by atoms with van der Waals surface area (Å²) in [4.78, 5) is 11.0. The predicted octanol–water partition coefficient (Wildman–Crippen LogP) is 5.08. The van der Waals surface area contributed by atoms with E-state index in [1.54, 1.807) is 0 Å². The summed E-state index contributed by atoms with van der Waals surface area (Å²) < 4.78 is 38.8. The van der Waals surface area contributed by atoms with E-state index in [-0.39, 0.29) is 5.02 Å². The Bertz CT molecular complexity index is 839. The molecule has 0 saturated heterocycles. The molecule has 0 saturated carbocycles. The van der Waals surface area contributed by atoms with Gasteiger partial charge in [-0.1, -0.05) is 24.9 Å². The van der Waals surface area contributed by atoms with E-state index in [4.69, 9.17) is 11.6 Å². The number of aromatic nitrogens is 2. The highest BCUT2D eigenvalue weighted by Gasteiger charge is 2.32. The Labute approximate surface area is 168 Å². The van der Waals surface area contributed by atoms with Crippen LogP contribution < -0.4 is 10.2 Å². The fraction of sp³-hybridized carbons (Fsp3) is 0.500. The molecular formula is C20H24ClF3N4. The van der Waals surface area contributed by atoms with Crippen molar-refractivity contribution >= 4 is 23.1 Å². The maximum Gasteiger partial charge on any atom is 0.416 e. The molecule has 0 unspecified atom stereocenters. The lowest BCUT2D eigenvalue weighted by molar-refractivity contribution is -0.137. The minimum absolute atomic E-state index is 0.0710. The van der Waals surface area contributed by atoms with Gasteiger partial charge in [0.25, 0.3) is 0 Å². The molecule has 0 atom stereocenters. The maximum atomic E-state index is 12.9. The van der Waals surface area contributed by atoms with Crippen molar-refractivity contribution in [2.75, 3.05) is 24.5 Å². The van der Waals surface area contributed by atoms with E-state index < -0.39 is 11.7 Å². The number of rotatable bonds is 7. The van der Waals surface area contributed by atoms with Crippen molar-refractivity contribution in [1.29, 1.82) is 0 Å². The number of halogens is 4. The largest absolute Gasteiger partial charge is 0.416 e. The van der Waals surface area contributed by atoms with Crippen LogP contribution in [0.2, 0.25) is 5.02 Å². The molecule has 0 amide bonds. The number of fused-ring (bicyclic) bond motifs is 1. The minimum atomic E-state index is -4.41. The van der Waals surface area contributed by atoms with Gasteiger partial charge in [0.05, 0.1) is 22.0 Å². The van der Waals surface area contributed by atoms with Gasteiger partial charge in [-0.2, -0.15) is 13.2 Å². The topological polar surface area (TPSA) is 41.1 Å². The summed E-state index contributed by atoms with van der Waals surface area (Å²) in [5.41, 5.74) is 1.84. The molecule has 0 spiro atoms. The van der Waals surface area contributed by atoms with Crippen LogP contribution in [0, 0.1) is 6.92 Å². The summed E-state index contributed by atoms with van der Waals surface area (Å²) in [6.45, 7) is 6.43. The Balaban J connectivity index is 1.84. The molecule has 1 aliphatic rings. The third-order valence-electron chi connectivity index (χ3n) is 4.84. The highest BCUT2D eigenvalue weighted by Crippen LogP contribution is 2.40. The van der Waals surface area contributed by atoms with Crippen molar-refractivity contribution in [2.45, 2.75) is 45.7 Å². The van der Waals surface area contributed by atoms with Crippen molar-refractivity contribution < 1.29 is 13.2 Å². The molecule has 152 valence electrons. The summed E-state index contributed by atoms with van der Waals surface area (Å²) in [5.74, 6) is 1.40. The summed E-state index contributed by atoms with van der Waals surface area (Å²) >= 11 is 6.20. The fourth-order valence-corrected chi connectivity index (χ4v) is 3.71. The van der Waals surface area contributed by atoms with Crippen LogP contribution in [0.15, 0.2) is 18.2 Å². The van der Waals surface area contributed by atoms with Crippen molar-refractivity contribution in [2.24, 2.45) is 0 Å². The van der Waals surface area contributed by atoms with E-state index in [9.17, 15) is 13.2 Å². The number of unbranched alkanes of at least 4 members (excludes halogenated alkanes) is 1. The van der Waals surface area contributed by atoms with Gasteiger partial charge in [-0.05, 0) is 44.5 Å². The molecule has 3 rings (SSSR count). The lowest BCUT2D eigenvalue weighted by Gasteiger charge is -2.21. The van der Waals surface area contributed by atoms with E-state index >= 15 is 0 Å². The van der Waals surface area contributed by atoms with Crippen LogP contribution in [0.25, 0.3) is 0 Å². The third-order valence-corrected chi connectivity index (χ3v) is 5.14. The molecule has 2 heterocycles. The number of alkyl halides is 3. The zero-order valence-corrected chi connectivity index (χ0v) is 16.8. The SMILES string of the molecule is CCCCNCCc1nc(C)nc2c1CCN2c1ccc(C(F)(F)F)cc1Cl. The Hall–Kier alpha value is -1.86. The number of aryl methyl sites for hydroxylation is 1. The second-order valence-corrected chi connectivity index (χ2v) is 7.35. The Morgan fingerprint density at radius 3 is 2.68 bits per heavy atom. The quantitative estimate of drug-likeness (QED) is 0.643. The number of anilines is 2. The zero-order valence-electron chi connectivity index (χ0n) is 16.0. The van der Waals surface area contributed by atoms with Crippen LogP contribution >= 0.6 is 11.6 Å². The highest BCUT2D eigenvalue weighted by molar-refractivity contribution is 6.33. The first-order valence-electron chi connectivity index (χ1n) is 9.52. The molecule has 1 aromatic heterocycles. The van der Waals surface area contributed by atoms with Crippen LogP contribution in [0.3, 0.4) is 0 Å². The molecule has 2 aromatic rings. The van der Waals surface area contributed by atoms with Crippen LogP contribution in [-0.2, 0) is 19.0 Å². The molecular weight excluding hydrogens is 389 g/mol. The number of benzene rings is 1. The number of hydrogen-bond acceptors (Lipinski definition) is 4. The lowest BCUT2D eigenvalue weighted by Crippen LogP contribution is -2.20. The van der Waals surface area contributed by atoms with Gasteiger partial charge in [-0.15, -0.1) is 0 Å². The third kappa shape index (κ3) is 4.58. The van der Waals surface area contributed by atoms with Crippen LogP contribution in [-0.4, -0.2) is 29.6 Å². The summed E-state index contributed by atoms with van der Waals surface area (Å²) in [6.07, 6.45) is -0.581. The zero-order chi connectivity index (χ0) is 20.3. The highest BCUT2D eigenvalue weighted by atomic mass is 35.5. The monoisotopic (exact) mass is 412 g/mol. The predicted molar refractivity (Wildman–Crippen MR) is 105 cm³/mol. The van der Waals surface area contributed by atoms with Crippen LogP contribution in [0.1, 0.15) is 42.4 Å². The van der Waals surface area contributed by atoms with Gasteiger partial charge < -0.3 is 10.2 Å². The van der Waals surface area contributed by atoms with E-state index in [0.29, 0.717) is 18.1 Å². The molecule has 4 nitrogen and oxygen atoms in total. The second-order valence-electron chi connectivity index (χ2n) is 6.94. The Morgan fingerprint density at radius 1 is 1.21 bits per heavy atom. The maximum absolute atomic E-state index is 12.9. The molecule has 0 bridgehead atoms. The lowest BCUT2D eigenvalue weighted by atomic mass is 10.1. The van der Waals surface area contributed by atoms with Gasteiger partial charge in [0.2, 0.25) is 0 Å². The van der Waals surface area contributed by atoms with Crippen molar-refractivity contribution in [3.8, 4) is 0 Å². The van der Waals surface area contributed by atoms with Crippen molar-refractivity contribution in [3.05, 3.63) is 45.9 Å². The van der Waals surface area contributed by atoms with Gasteiger partial charge >= 0.3 is 6.18 Å². The average Bonchev–Trinajstić information content (AvgIpc) is 3.04. The van der Waals surface area contributed by atoms with E-state index in [0.717, 1.165) is 68.0 Å². The van der Waals surface area contributed by atoms with E-state index in [2.05, 4.69) is 22.2 Å². The van der Waals surface area contributed by atoms with Gasteiger partial charge in [0.15, 0.2) is 0 Å². The van der Waals surface area contributed by atoms with Gasteiger partial charge in [-0.3, -0.25) is 0 Å². The standard InChI is InChI=1S/C20H24ClF3N4/c1-3-4-9-25-10-7-17-15-8-11-28(19(15)27-13(2)26-17)18-6-5-14(12-16(18)21)20(22,23)24/h5-6,12,25H,3-4,7-11H2,1-2H3. The van der Waals surface area contributed by atoms with Crippen LogP contribution in [0.5, 0.6) is 0 Å². The second kappa shape index (κ2) is 8.66. The van der Waals surface area contributed by atoms with E-state index in [1.165, 1.54) is 6.07 Å². The first kappa shape index (κ1) is 20.9. The number of nitrogens with zero attached hydrogens (tertiary/aromatic N) is 3. The molecule has 8 heteroatoms. The van der Waals surface area contributed by atoms with Gasteiger partial charge in [0, 0.05) is 25.1 Å². The van der Waals surface area contributed by atoms with Crippen LogP contribution in [0.4, 0.5) is 24.7 Å². The first-order chi connectivity index (χ1) is 13.3. The summed E-state index contributed by atoms with van der Waals surface area (Å²) in [7, 11) is 0. The summed E-state index contributed by atoms with van der Waals surface area (Å²) in [6, 6.07) is 3.46. The summed E-state index contributed by atoms with van der Waals surface area (Å²) in [5, 5.41) is 3.49. The Kier molecular flexibility index (Phi) is 6.45. The molecule has 0 radical (unpaired) electrons. The smallest absolute Gasteiger partial charge is 0.324 e. The van der Waals surface area contributed by atoms with Gasteiger partial charge in [0.1, 0.15) is 11.6 Å². The number of nitrogens with one attached hydrogen (secondary N) is 1. The fourth-order valence-electron chi connectivity index (χ4n) is 3.42. The average molecular weight is 413 g/mol. The minimum Gasteiger partial charge on any atom is -0.324 e. The van der Waals surface area contributed by atoms with E-state index in [1.807, 2.05) is 11.8 Å². The number of hydrogen-bond donors (Lipinski definition) is 1. The molecule has 1 aromatic carbocycles. The van der Waals surface area contributed by atoms with Crippen molar-refractivity contribution in [3.63, 3.8) is 0 Å². The molecule has 28 heavy (non-hydrogen) atoms. The normalized spacial score (nSPS) is 13.9.